The largest absolute Gasteiger partial charge is 0.461 e. The van der Waals surface area contributed by atoms with Crippen LogP contribution in [0, 0.1) is 0 Å². The highest BCUT2D eigenvalue weighted by Crippen LogP contribution is 2.47. The van der Waals surface area contributed by atoms with Gasteiger partial charge < -0.3 is 14.4 Å². The van der Waals surface area contributed by atoms with Gasteiger partial charge in [-0.05, 0) is 18.4 Å². The molecule has 2 fully saturated rings. The summed E-state index contributed by atoms with van der Waals surface area (Å²) in [6, 6.07) is 9.90. The van der Waals surface area contributed by atoms with Crippen molar-refractivity contribution in [2.24, 2.45) is 0 Å². The number of ether oxygens (including phenoxy) is 2. The fourth-order valence-electron chi connectivity index (χ4n) is 3.93. The van der Waals surface area contributed by atoms with Gasteiger partial charge in [-0.3, -0.25) is 4.79 Å². The van der Waals surface area contributed by atoms with Crippen molar-refractivity contribution in [3.8, 4) is 0 Å². The minimum atomic E-state index is -0.755. The first kappa shape index (κ1) is 14.3. The summed E-state index contributed by atoms with van der Waals surface area (Å²) in [7, 11) is 0. The number of hydrogen-bond acceptors (Lipinski definition) is 5. The zero-order valence-corrected chi connectivity index (χ0v) is 12.9. The minimum Gasteiger partial charge on any atom is -0.461 e. The zero-order chi connectivity index (χ0) is 15.9. The van der Waals surface area contributed by atoms with Crippen molar-refractivity contribution in [3.63, 3.8) is 0 Å². The van der Waals surface area contributed by atoms with Gasteiger partial charge in [0.2, 0.25) is 0 Å². The van der Waals surface area contributed by atoms with Crippen molar-refractivity contribution in [1.29, 1.82) is 0 Å². The lowest BCUT2D eigenvalue weighted by Gasteiger charge is -2.26. The predicted octanol–water partition coefficient (Wildman–Crippen LogP) is 1.82. The lowest BCUT2D eigenvalue weighted by Crippen LogP contribution is -2.37. The molecule has 0 saturated carbocycles. The maximum Gasteiger partial charge on any atom is 0.333 e. The van der Waals surface area contributed by atoms with Crippen LogP contribution in [0.25, 0.3) is 0 Å². The van der Waals surface area contributed by atoms with Crippen LogP contribution in [-0.4, -0.2) is 41.6 Å². The Morgan fingerprint density at radius 1 is 1.35 bits per heavy atom. The number of carbonyl (C=O) groups excluding carboxylic acids is 2. The Bertz CT molecular complexity index is 669. The summed E-state index contributed by atoms with van der Waals surface area (Å²) < 4.78 is 11.0. The first-order valence-electron chi connectivity index (χ1n) is 8.08. The highest BCUT2D eigenvalue weighted by molar-refractivity contribution is 5.87. The Balaban J connectivity index is 1.43. The molecule has 3 aliphatic heterocycles. The van der Waals surface area contributed by atoms with Gasteiger partial charge >= 0.3 is 11.9 Å². The van der Waals surface area contributed by atoms with Crippen molar-refractivity contribution >= 4 is 11.9 Å². The average molecular weight is 313 g/mol. The molecule has 5 nitrogen and oxygen atoms in total. The summed E-state index contributed by atoms with van der Waals surface area (Å²) in [5.74, 6) is -0.621. The molecule has 2 saturated heterocycles. The molecule has 23 heavy (non-hydrogen) atoms. The predicted molar refractivity (Wildman–Crippen MR) is 82.4 cm³/mol. The van der Waals surface area contributed by atoms with Crippen LogP contribution >= 0.6 is 0 Å². The molecule has 2 atom stereocenters. The van der Waals surface area contributed by atoms with Crippen LogP contribution in [0.4, 0.5) is 0 Å². The lowest BCUT2D eigenvalue weighted by atomic mass is 9.97. The summed E-state index contributed by atoms with van der Waals surface area (Å²) in [6.07, 6.45) is 4.77. The maximum atomic E-state index is 12.1. The highest BCUT2D eigenvalue weighted by Gasteiger charge is 2.56. The molecule has 120 valence electrons. The molecule has 0 bridgehead atoms. The Labute approximate surface area is 134 Å². The van der Waals surface area contributed by atoms with E-state index in [9.17, 15) is 9.59 Å². The van der Waals surface area contributed by atoms with Crippen LogP contribution in [0.1, 0.15) is 24.8 Å². The van der Waals surface area contributed by atoms with Crippen LogP contribution in [0.2, 0.25) is 0 Å². The Morgan fingerprint density at radius 2 is 2.17 bits per heavy atom. The van der Waals surface area contributed by atoms with E-state index in [0.29, 0.717) is 6.04 Å². The van der Waals surface area contributed by atoms with E-state index >= 15 is 0 Å². The molecule has 0 N–H and O–H groups in total. The number of rotatable bonds is 4. The molecule has 1 unspecified atom stereocenters. The van der Waals surface area contributed by atoms with E-state index in [1.165, 1.54) is 0 Å². The third-order valence-electron chi connectivity index (χ3n) is 4.93. The number of fused-ring (bicyclic) bond motifs is 3. The molecule has 3 aliphatic rings. The molecule has 0 aliphatic carbocycles. The average Bonchev–Trinajstić information content (AvgIpc) is 3.16. The second-order valence-electron chi connectivity index (χ2n) is 6.46. The van der Waals surface area contributed by atoms with Crippen molar-refractivity contribution in [3.05, 3.63) is 47.7 Å². The number of carbonyl (C=O) groups is 2. The molecule has 4 rings (SSSR count). The van der Waals surface area contributed by atoms with Gasteiger partial charge in [-0.25, -0.2) is 4.79 Å². The molecule has 0 spiro atoms. The van der Waals surface area contributed by atoms with Crippen LogP contribution in [-0.2, 0) is 25.5 Å². The third-order valence-corrected chi connectivity index (χ3v) is 4.93. The van der Waals surface area contributed by atoms with Crippen molar-refractivity contribution in [2.75, 3.05) is 13.2 Å². The van der Waals surface area contributed by atoms with E-state index in [1.54, 1.807) is 6.08 Å². The molecule has 5 heteroatoms. The second-order valence-corrected chi connectivity index (χ2v) is 6.46. The highest BCUT2D eigenvalue weighted by atomic mass is 16.6. The third kappa shape index (κ3) is 2.50. The molecule has 1 aromatic rings. The van der Waals surface area contributed by atoms with Gasteiger partial charge in [0.15, 0.2) is 5.60 Å². The molecule has 0 aromatic heterocycles. The van der Waals surface area contributed by atoms with Crippen molar-refractivity contribution < 1.29 is 19.1 Å². The summed E-state index contributed by atoms with van der Waals surface area (Å²) in [4.78, 5) is 26.1. The second kappa shape index (κ2) is 5.41. The first-order chi connectivity index (χ1) is 11.2. The van der Waals surface area contributed by atoms with E-state index in [2.05, 4.69) is 4.90 Å². The van der Waals surface area contributed by atoms with Gasteiger partial charge in [0.05, 0.1) is 12.1 Å². The van der Waals surface area contributed by atoms with Gasteiger partial charge in [-0.2, -0.15) is 0 Å². The quantitative estimate of drug-likeness (QED) is 0.794. The molecule has 1 aromatic carbocycles. The van der Waals surface area contributed by atoms with Gasteiger partial charge in [0.25, 0.3) is 0 Å². The smallest absolute Gasteiger partial charge is 0.333 e. The fourth-order valence-corrected chi connectivity index (χ4v) is 3.93. The molecular weight excluding hydrogens is 294 g/mol. The summed E-state index contributed by atoms with van der Waals surface area (Å²) in [5, 5.41) is 0. The Morgan fingerprint density at radius 3 is 3.00 bits per heavy atom. The molecule has 0 radical (unpaired) electrons. The topological polar surface area (TPSA) is 55.8 Å². The number of benzene rings is 1. The SMILES string of the molecule is O=C1C=C2N3CCC[C@@H]3CC2(COC(=O)Cc2ccccc2)O1. The zero-order valence-electron chi connectivity index (χ0n) is 12.9. The van der Waals surface area contributed by atoms with Gasteiger partial charge in [0, 0.05) is 25.1 Å². The van der Waals surface area contributed by atoms with Gasteiger partial charge in [0.1, 0.15) is 6.61 Å². The normalized spacial score (nSPS) is 28.2. The van der Waals surface area contributed by atoms with Gasteiger partial charge in [-0.15, -0.1) is 0 Å². The first-order valence-corrected chi connectivity index (χ1v) is 8.08. The Kier molecular flexibility index (Phi) is 3.36. The fraction of sp³-hybridized carbons (Fsp3) is 0.444. The van der Waals surface area contributed by atoms with E-state index < -0.39 is 5.60 Å². The Hall–Kier alpha value is -2.30. The monoisotopic (exact) mass is 313 g/mol. The van der Waals surface area contributed by atoms with E-state index in [-0.39, 0.29) is 25.0 Å². The molecular formula is C18H19NO4. The molecule has 0 amide bonds. The van der Waals surface area contributed by atoms with Crippen LogP contribution < -0.4 is 0 Å². The summed E-state index contributed by atoms with van der Waals surface area (Å²) >= 11 is 0. The lowest BCUT2D eigenvalue weighted by molar-refractivity contribution is -0.160. The summed E-state index contributed by atoms with van der Waals surface area (Å²) in [6.45, 7) is 1.07. The number of hydrogen-bond donors (Lipinski definition) is 0. The maximum absolute atomic E-state index is 12.1. The van der Waals surface area contributed by atoms with Crippen molar-refractivity contribution in [1.82, 2.24) is 4.90 Å². The molecule has 3 heterocycles. The van der Waals surface area contributed by atoms with Crippen molar-refractivity contribution in [2.45, 2.75) is 37.3 Å². The number of nitrogens with zero attached hydrogens (tertiary/aromatic N) is 1. The van der Waals surface area contributed by atoms with E-state index in [4.69, 9.17) is 9.47 Å². The van der Waals surface area contributed by atoms with E-state index in [1.807, 2.05) is 30.3 Å². The van der Waals surface area contributed by atoms with E-state index in [0.717, 1.165) is 37.1 Å². The number of esters is 2. The van der Waals surface area contributed by atoms with Gasteiger partial charge in [-0.1, -0.05) is 30.3 Å². The minimum absolute atomic E-state index is 0.114. The van der Waals surface area contributed by atoms with Crippen LogP contribution in [0.15, 0.2) is 42.1 Å². The summed E-state index contributed by atoms with van der Waals surface area (Å²) in [5.41, 5.74) is 1.06. The van der Waals surface area contributed by atoms with Crippen LogP contribution in [0.5, 0.6) is 0 Å². The standard InChI is InChI=1S/C18H19NO4/c20-16(9-13-5-2-1-3-6-13)22-12-18-11-14-7-4-8-19(14)15(18)10-17(21)23-18/h1-3,5-6,10,14H,4,7-9,11-12H2/t14-,18?/m1/s1. The van der Waals surface area contributed by atoms with Crippen LogP contribution in [0.3, 0.4) is 0 Å².